The summed E-state index contributed by atoms with van der Waals surface area (Å²) in [5.74, 6) is 0.612. The molecular weight excluding hydrogens is 262 g/mol. The molecule has 2 heterocycles. The molecule has 0 saturated carbocycles. The average Bonchev–Trinajstić information content (AvgIpc) is 2.99. The van der Waals surface area contributed by atoms with Crippen molar-refractivity contribution in [3.8, 4) is 0 Å². The Morgan fingerprint density at radius 3 is 3.00 bits per heavy atom. The molecule has 3 aromatic rings. The number of nitrogens with one attached hydrogen (secondary N) is 2. The molecule has 7 heteroatoms. The van der Waals surface area contributed by atoms with E-state index in [2.05, 4.69) is 20.0 Å². The fraction of sp³-hybridized carbons (Fsp3) is 0.167. The molecule has 0 aliphatic rings. The smallest absolute Gasteiger partial charge is 0.167 e. The number of para-hydroxylation sites is 1. The maximum absolute atomic E-state index is 12.1. The van der Waals surface area contributed by atoms with Crippen molar-refractivity contribution in [2.45, 2.75) is 11.8 Å². The number of fused-ring (bicyclic) bond motifs is 1. The fourth-order valence-electron chi connectivity index (χ4n) is 2.10. The SMILES string of the molecule is Cc1cccc2c(NS(=O)c3cn[nH]c3)nn(C)c12. The maximum Gasteiger partial charge on any atom is 0.167 e. The Hall–Kier alpha value is -2.15. The highest BCUT2D eigenvalue weighted by Crippen LogP contribution is 2.25. The van der Waals surface area contributed by atoms with Crippen LogP contribution in [0.2, 0.25) is 0 Å². The molecular formula is C12H13N5OS. The van der Waals surface area contributed by atoms with Gasteiger partial charge in [0.05, 0.1) is 16.6 Å². The van der Waals surface area contributed by atoms with Gasteiger partial charge in [-0.1, -0.05) is 12.1 Å². The van der Waals surface area contributed by atoms with Gasteiger partial charge in [0.25, 0.3) is 0 Å². The molecule has 6 nitrogen and oxygen atoms in total. The van der Waals surface area contributed by atoms with Gasteiger partial charge in [0.15, 0.2) is 16.8 Å². The van der Waals surface area contributed by atoms with Crippen LogP contribution in [0, 0.1) is 6.92 Å². The van der Waals surface area contributed by atoms with Gasteiger partial charge >= 0.3 is 0 Å². The van der Waals surface area contributed by atoms with Gasteiger partial charge in [0.2, 0.25) is 0 Å². The van der Waals surface area contributed by atoms with Gasteiger partial charge in [-0.3, -0.25) is 14.5 Å². The second kappa shape index (κ2) is 4.51. The summed E-state index contributed by atoms with van der Waals surface area (Å²) < 4.78 is 16.8. The normalized spacial score (nSPS) is 12.7. The van der Waals surface area contributed by atoms with Crippen molar-refractivity contribution in [1.29, 1.82) is 0 Å². The number of aryl methyl sites for hydroxylation is 2. The molecule has 2 aromatic heterocycles. The molecule has 0 aliphatic carbocycles. The monoisotopic (exact) mass is 275 g/mol. The lowest BCUT2D eigenvalue weighted by molar-refractivity contribution is 0.686. The minimum Gasteiger partial charge on any atom is -0.284 e. The quantitative estimate of drug-likeness (QED) is 0.764. The Balaban J connectivity index is 2.02. The third-order valence-corrected chi connectivity index (χ3v) is 3.97. The van der Waals surface area contributed by atoms with Crippen LogP contribution < -0.4 is 4.72 Å². The number of aromatic nitrogens is 4. The summed E-state index contributed by atoms with van der Waals surface area (Å²) in [5.41, 5.74) is 2.17. The van der Waals surface area contributed by atoms with Crippen molar-refractivity contribution < 1.29 is 4.21 Å². The van der Waals surface area contributed by atoms with E-state index in [4.69, 9.17) is 0 Å². The van der Waals surface area contributed by atoms with Gasteiger partial charge in [0, 0.05) is 18.6 Å². The van der Waals surface area contributed by atoms with E-state index in [1.165, 1.54) is 6.20 Å². The summed E-state index contributed by atoms with van der Waals surface area (Å²) in [6, 6.07) is 5.95. The van der Waals surface area contributed by atoms with Crippen molar-refractivity contribution >= 4 is 27.7 Å². The Bertz CT molecular complexity index is 747. The highest BCUT2D eigenvalue weighted by molar-refractivity contribution is 7.86. The molecule has 0 aliphatic heterocycles. The molecule has 1 aromatic carbocycles. The van der Waals surface area contributed by atoms with Crippen LogP contribution >= 0.6 is 0 Å². The minimum atomic E-state index is -1.37. The minimum absolute atomic E-state index is 0.589. The van der Waals surface area contributed by atoms with Crippen LogP contribution in [0.1, 0.15) is 5.56 Å². The third-order valence-electron chi connectivity index (χ3n) is 2.94. The van der Waals surface area contributed by atoms with E-state index in [1.807, 2.05) is 32.2 Å². The summed E-state index contributed by atoms with van der Waals surface area (Å²) in [6.45, 7) is 2.03. The molecule has 1 unspecified atom stereocenters. The average molecular weight is 275 g/mol. The zero-order valence-electron chi connectivity index (χ0n) is 10.5. The summed E-state index contributed by atoms with van der Waals surface area (Å²) in [5, 5.41) is 11.8. The van der Waals surface area contributed by atoms with Gasteiger partial charge < -0.3 is 0 Å². The van der Waals surface area contributed by atoms with Gasteiger partial charge in [-0.2, -0.15) is 10.2 Å². The second-order valence-electron chi connectivity index (χ2n) is 4.25. The number of hydrogen-bond acceptors (Lipinski definition) is 3. The van der Waals surface area contributed by atoms with Crippen LogP contribution in [0.25, 0.3) is 10.9 Å². The summed E-state index contributed by atoms with van der Waals surface area (Å²) in [7, 11) is 0.504. The van der Waals surface area contributed by atoms with Crippen LogP contribution in [-0.4, -0.2) is 24.2 Å². The van der Waals surface area contributed by atoms with Gasteiger partial charge in [-0.25, -0.2) is 4.21 Å². The van der Waals surface area contributed by atoms with Crippen LogP contribution in [0.4, 0.5) is 5.82 Å². The molecule has 19 heavy (non-hydrogen) atoms. The Morgan fingerprint density at radius 1 is 1.42 bits per heavy atom. The standard InChI is InChI=1S/C12H13N5OS/c1-8-4-3-5-10-11(8)17(2)15-12(10)16-19(18)9-6-13-14-7-9/h3-7H,1-2H3,(H,13,14)(H,15,16). The van der Waals surface area contributed by atoms with Crippen molar-refractivity contribution in [3.05, 3.63) is 36.2 Å². The van der Waals surface area contributed by atoms with Gasteiger partial charge in [0.1, 0.15) is 0 Å². The Kier molecular flexibility index (Phi) is 2.83. The fourth-order valence-corrected chi connectivity index (χ4v) is 2.85. The first-order chi connectivity index (χ1) is 9.16. The molecule has 98 valence electrons. The highest BCUT2D eigenvalue weighted by Gasteiger charge is 2.13. The lowest BCUT2D eigenvalue weighted by Crippen LogP contribution is -2.05. The first kappa shape index (κ1) is 11.9. The molecule has 0 fully saturated rings. The second-order valence-corrected chi connectivity index (χ2v) is 5.46. The summed E-state index contributed by atoms with van der Waals surface area (Å²) in [4.78, 5) is 0.589. The van der Waals surface area contributed by atoms with Crippen molar-refractivity contribution in [3.63, 3.8) is 0 Å². The van der Waals surface area contributed by atoms with Crippen molar-refractivity contribution in [1.82, 2.24) is 20.0 Å². The molecule has 0 radical (unpaired) electrons. The van der Waals surface area contributed by atoms with Crippen LogP contribution in [-0.2, 0) is 18.0 Å². The summed E-state index contributed by atoms with van der Waals surface area (Å²) >= 11 is 0. The first-order valence-electron chi connectivity index (χ1n) is 5.76. The Labute approximate surface area is 112 Å². The highest BCUT2D eigenvalue weighted by atomic mass is 32.2. The predicted molar refractivity (Wildman–Crippen MR) is 74.1 cm³/mol. The maximum atomic E-state index is 12.1. The van der Waals surface area contributed by atoms with Crippen LogP contribution in [0.5, 0.6) is 0 Å². The van der Waals surface area contributed by atoms with E-state index < -0.39 is 11.0 Å². The number of rotatable bonds is 3. The van der Waals surface area contributed by atoms with E-state index in [1.54, 1.807) is 10.9 Å². The molecule has 2 N–H and O–H groups in total. The zero-order valence-corrected chi connectivity index (χ0v) is 11.4. The van der Waals surface area contributed by atoms with E-state index in [9.17, 15) is 4.21 Å². The zero-order chi connectivity index (χ0) is 13.4. The van der Waals surface area contributed by atoms with Crippen LogP contribution in [0.15, 0.2) is 35.5 Å². The Morgan fingerprint density at radius 2 is 2.26 bits per heavy atom. The number of H-pyrrole nitrogens is 1. The largest absolute Gasteiger partial charge is 0.284 e. The number of anilines is 1. The molecule has 0 amide bonds. The molecule has 1 atom stereocenters. The lowest BCUT2D eigenvalue weighted by Gasteiger charge is -2.00. The molecule has 0 saturated heterocycles. The number of aromatic amines is 1. The number of benzene rings is 1. The molecule has 3 rings (SSSR count). The predicted octanol–water partition coefficient (Wildman–Crippen LogP) is 1.74. The van der Waals surface area contributed by atoms with Gasteiger partial charge in [-0.15, -0.1) is 0 Å². The van der Waals surface area contributed by atoms with E-state index in [0.29, 0.717) is 10.7 Å². The number of hydrogen-bond donors (Lipinski definition) is 2. The molecule has 0 bridgehead atoms. The van der Waals surface area contributed by atoms with Crippen molar-refractivity contribution in [2.24, 2.45) is 7.05 Å². The molecule has 0 spiro atoms. The third kappa shape index (κ3) is 2.01. The lowest BCUT2D eigenvalue weighted by atomic mass is 10.1. The van der Waals surface area contributed by atoms with E-state index in [-0.39, 0.29) is 0 Å². The van der Waals surface area contributed by atoms with Gasteiger partial charge in [-0.05, 0) is 18.6 Å². The first-order valence-corrected chi connectivity index (χ1v) is 6.91. The summed E-state index contributed by atoms with van der Waals surface area (Å²) in [6.07, 6.45) is 3.12. The topological polar surface area (TPSA) is 75.6 Å². The van der Waals surface area contributed by atoms with Crippen molar-refractivity contribution in [2.75, 3.05) is 4.72 Å². The number of nitrogens with zero attached hydrogens (tertiary/aromatic N) is 3. The van der Waals surface area contributed by atoms with Crippen LogP contribution in [0.3, 0.4) is 0 Å². The van der Waals surface area contributed by atoms with E-state index in [0.717, 1.165) is 16.5 Å². The van der Waals surface area contributed by atoms with E-state index >= 15 is 0 Å².